The first-order chi connectivity index (χ1) is 8.21. The largest absolute Gasteiger partial charge is 0.480 e. The highest BCUT2D eigenvalue weighted by molar-refractivity contribution is 7.90. The summed E-state index contributed by atoms with van der Waals surface area (Å²) in [4.78, 5) is 15.0. The Hall–Kier alpha value is -1.63. The van der Waals surface area contributed by atoms with E-state index in [0.717, 1.165) is 6.26 Å². The third-order valence-electron chi connectivity index (χ3n) is 2.40. The van der Waals surface area contributed by atoms with Gasteiger partial charge in [0.15, 0.2) is 9.84 Å². The van der Waals surface area contributed by atoms with Crippen molar-refractivity contribution < 1.29 is 18.3 Å². The van der Waals surface area contributed by atoms with Crippen molar-refractivity contribution in [1.82, 2.24) is 4.98 Å². The normalized spacial score (nSPS) is 13.3. The summed E-state index contributed by atoms with van der Waals surface area (Å²) in [7, 11) is -3.29. The molecule has 1 atom stereocenters. The lowest BCUT2D eigenvalue weighted by Crippen LogP contribution is -2.34. The average Bonchev–Trinajstić information content (AvgIpc) is 2.24. The standard InChI is InChI=1S/C11H16N2O4S/c1-7(2)10(11(14)15)13-9-5-4-8(6-12-9)18(3,16)17/h4-7,10H,1-3H3,(H,12,13)(H,14,15)/t10-/m1/s1. The lowest BCUT2D eigenvalue weighted by atomic mass is 10.1. The molecule has 1 rings (SSSR count). The van der Waals surface area contributed by atoms with Gasteiger partial charge < -0.3 is 10.4 Å². The number of aliphatic carboxylic acids is 1. The maximum Gasteiger partial charge on any atom is 0.326 e. The Morgan fingerprint density at radius 3 is 2.33 bits per heavy atom. The van der Waals surface area contributed by atoms with Crippen molar-refractivity contribution in [2.24, 2.45) is 5.92 Å². The second-order valence-electron chi connectivity index (χ2n) is 4.36. The molecule has 0 amide bonds. The van der Waals surface area contributed by atoms with Crippen LogP contribution in [0.1, 0.15) is 13.8 Å². The van der Waals surface area contributed by atoms with Crippen LogP contribution in [0.15, 0.2) is 23.2 Å². The predicted molar refractivity (Wildman–Crippen MR) is 67.2 cm³/mol. The quantitative estimate of drug-likeness (QED) is 0.830. The highest BCUT2D eigenvalue weighted by atomic mass is 32.2. The molecule has 0 aliphatic rings. The molecule has 6 nitrogen and oxygen atoms in total. The van der Waals surface area contributed by atoms with Gasteiger partial charge in [-0.3, -0.25) is 0 Å². The van der Waals surface area contributed by atoms with Crippen molar-refractivity contribution >= 4 is 21.6 Å². The minimum Gasteiger partial charge on any atom is -0.480 e. The molecule has 0 saturated heterocycles. The first kappa shape index (κ1) is 14.4. The molecule has 1 aromatic heterocycles. The lowest BCUT2D eigenvalue weighted by Gasteiger charge is -2.18. The number of carbonyl (C=O) groups is 1. The minimum absolute atomic E-state index is 0.101. The zero-order valence-electron chi connectivity index (χ0n) is 10.4. The zero-order valence-corrected chi connectivity index (χ0v) is 11.2. The smallest absolute Gasteiger partial charge is 0.326 e. The number of carboxylic acid groups (broad SMARTS) is 1. The summed E-state index contributed by atoms with van der Waals surface area (Å²) in [5.41, 5.74) is 0. The molecule has 0 aliphatic carbocycles. The van der Waals surface area contributed by atoms with E-state index in [4.69, 9.17) is 5.11 Å². The molecule has 0 unspecified atom stereocenters. The van der Waals surface area contributed by atoms with Gasteiger partial charge in [-0.05, 0) is 18.1 Å². The predicted octanol–water partition coefficient (Wildman–Crippen LogP) is 1.01. The van der Waals surface area contributed by atoms with Crippen LogP contribution in [0, 0.1) is 5.92 Å². The molecule has 0 aliphatic heterocycles. The van der Waals surface area contributed by atoms with Crippen LogP contribution in [0.2, 0.25) is 0 Å². The molecule has 0 saturated carbocycles. The summed E-state index contributed by atoms with van der Waals surface area (Å²) in [6.45, 7) is 3.55. The summed E-state index contributed by atoms with van der Waals surface area (Å²) in [5, 5.41) is 11.8. The van der Waals surface area contributed by atoms with Gasteiger partial charge in [0.25, 0.3) is 0 Å². The molecule has 2 N–H and O–H groups in total. The Labute approximate surface area is 106 Å². The van der Waals surface area contributed by atoms with E-state index >= 15 is 0 Å². The Bertz CT molecular complexity index is 522. The number of rotatable bonds is 5. The molecule has 1 aromatic rings. The number of pyridine rings is 1. The fraction of sp³-hybridized carbons (Fsp3) is 0.455. The third kappa shape index (κ3) is 3.69. The number of aromatic nitrogens is 1. The molecule has 0 fully saturated rings. The first-order valence-corrected chi connectivity index (χ1v) is 7.26. The van der Waals surface area contributed by atoms with Gasteiger partial charge in [-0.2, -0.15) is 0 Å². The zero-order chi connectivity index (χ0) is 13.9. The number of hydrogen-bond donors (Lipinski definition) is 2. The number of nitrogens with zero attached hydrogens (tertiary/aromatic N) is 1. The molecule has 0 radical (unpaired) electrons. The third-order valence-corrected chi connectivity index (χ3v) is 3.50. The highest BCUT2D eigenvalue weighted by Gasteiger charge is 2.21. The lowest BCUT2D eigenvalue weighted by molar-refractivity contribution is -0.138. The first-order valence-electron chi connectivity index (χ1n) is 5.37. The van der Waals surface area contributed by atoms with Gasteiger partial charge in [0, 0.05) is 12.5 Å². The fourth-order valence-electron chi connectivity index (χ4n) is 1.36. The van der Waals surface area contributed by atoms with Gasteiger partial charge in [-0.1, -0.05) is 13.8 Å². The summed E-state index contributed by atoms with van der Waals surface area (Å²) >= 11 is 0. The van der Waals surface area contributed by atoms with E-state index in [0.29, 0.717) is 5.82 Å². The second-order valence-corrected chi connectivity index (χ2v) is 6.37. The molecular formula is C11H16N2O4S. The van der Waals surface area contributed by atoms with Gasteiger partial charge >= 0.3 is 5.97 Å². The number of sulfone groups is 1. The Morgan fingerprint density at radius 2 is 2.00 bits per heavy atom. The minimum atomic E-state index is -3.29. The van der Waals surface area contributed by atoms with Crippen LogP contribution in [0.4, 0.5) is 5.82 Å². The van der Waals surface area contributed by atoms with Gasteiger partial charge in [-0.15, -0.1) is 0 Å². The van der Waals surface area contributed by atoms with Crippen molar-refractivity contribution in [2.45, 2.75) is 24.8 Å². The molecule has 0 spiro atoms. The molecule has 100 valence electrons. The molecule has 18 heavy (non-hydrogen) atoms. The van der Waals surface area contributed by atoms with E-state index < -0.39 is 21.8 Å². The molecule has 7 heteroatoms. The molecule has 1 heterocycles. The average molecular weight is 272 g/mol. The van der Waals surface area contributed by atoms with Crippen LogP contribution >= 0.6 is 0 Å². The summed E-state index contributed by atoms with van der Waals surface area (Å²) < 4.78 is 22.5. The second kappa shape index (κ2) is 5.34. The Balaban J connectivity index is 2.90. The van der Waals surface area contributed by atoms with Crippen LogP contribution in [0.3, 0.4) is 0 Å². The summed E-state index contributed by atoms with van der Waals surface area (Å²) in [6.07, 6.45) is 2.29. The van der Waals surface area contributed by atoms with E-state index in [1.165, 1.54) is 18.3 Å². The van der Waals surface area contributed by atoms with Crippen molar-refractivity contribution in [3.05, 3.63) is 18.3 Å². The van der Waals surface area contributed by atoms with E-state index in [9.17, 15) is 13.2 Å². The van der Waals surface area contributed by atoms with Gasteiger partial charge in [0.2, 0.25) is 0 Å². The fourth-order valence-corrected chi connectivity index (χ4v) is 1.92. The van der Waals surface area contributed by atoms with E-state index in [1.807, 2.05) is 0 Å². The topological polar surface area (TPSA) is 96.4 Å². The number of anilines is 1. The molecule has 0 aromatic carbocycles. The Kier molecular flexibility index (Phi) is 4.28. The SMILES string of the molecule is CC(C)[C@@H](Nc1ccc(S(C)(=O)=O)cn1)C(=O)O. The van der Waals surface area contributed by atoms with E-state index in [-0.39, 0.29) is 10.8 Å². The summed E-state index contributed by atoms with van der Waals surface area (Å²) in [6, 6.07) is 2.08. The van der Waals surface area contributed by atoms with Gasteiger partial charge in [0.1, 0.15) is 11.9 Å². The Morgan fingerprint density at radius 1 is 1.39 bits per heavy atom. The van der Waals surface area contributed by atoms with Crippen molar-refractivity contribution in [3.8, 4) is 0 Å². The van der Waals surface area contributed by atoms with E-state index in [1.54, 1.807) is 13.8 Å². The monoisotopic (exact) mass is 272 g/mol. The van der Waals surface area contributed by atoms with Crippen molar-refractivity contribution in [2.75, 3.05) is 11.6 Å². The highest BCUT2D eigenvalue weighted by Crippen LogP contribution is 2.13. The van der Waals surface area contributed by atoms with Crippen molar-refractivity contribution in [1.29, 1.82) is 0 Å². The maximum atomic E-state index is 11.2. The van der Waals surface area contributed by atoms with E-state index in [2.05, 4.69) is 10.3 Å². The van der Waals surface area contributed by atoms with Crippen LogP contribution in [-0.4, -0.2) is 36.8 Å². The number of hydrogen-bond acceptors (Lipinski definition) is 5. The number of nitrogens with one attached hydrogen (secondary N) is 1. The van der Waals surface area contributed by atoms with Crippen LogP contribution in [0.5, 0.6) is 0 Å². The maximum absolute atomic E-state index is 11.2. The van der Waals surface area contributed by atoms with Crippen LogP contribution in [-0.2, 0) is 14.6 Å². The summed E-state index contributed by atoms with van der Waals surface area (Å²) in [5.74, 6) is -0.749. The number of carboxylic acids is 1. The van der Waals surface area contributed by atoms with Crippen LogP contribution < -0.4 is 5.32 Å². The molecule has 0 bridgehead atoms. The van der Waals surface area contributed by atoms with Gasteiger partial charge in [0.05, 0.1) is 4.90 Å². The van der Waals surface area contributed by atoms with Gasteiger partial charge in [-0.25, -0.2) is 18.2 Å². The van der Waals surface area contributed by atoms with Crippen LogP contribution in [0.25, 0.3) is 0 Å². The molecular weight excluding hydrogens is 256 g/mol. The van der Waals surface area contributed by atoms with Crippen molar-refractivity contribution in [3.63, 3.8) is 0 Å².